The molecular formula is C19H15N3O3S2. The summed E-state index contributed by atoms with van der Waals surface area (Å²) in [5.41, 5.74) is 1.19. The molecule has 1 amide bonds. The maximum Gasteiger partial charge on any atom is 0.268 e. The van der Waals surface area contributed by atoms with Gasteiger partial charge in [-0.2, -0.15) is 0 Å². The smallest absolute Gasteiger partial charge is 0.268 e. The van der Waals surface area contributed by atoms with Crippen LogP contribution in [0.25, 0.3) is 10.9 Å². The van der Waals surface area contributed by atoms with E-state index in [-0.39, 0.29) is 16.4 Å². The van der Waals surface area contributed by atoms with E-state index in [0.717, 1.165) is 9.87 Å². The molecule has 1 aliphatic heterocycles. The molecule has 8 heteroatoms. The quantitative estimate of drug-likeness (QED) is 0.683. The number of fused-ring (bicyclic) bond motifs is 1. The zero-order valence-corrected chi connectivity index (χ0v) is 15.7. The SMILES string of the molecule is O=C1NC(=S)N(S(=O)(=O)c2cccc3cccnc23)[C@H]1Cc1ccccc1. The Morgan fingerprint density at radius 1 is 1.04 bits per heavy atom. The Hall–Kier alpha value is -2.84. The number of pyridine rings is 1. The van der Waals surface area contributed by atoms with E-state index in [1.807, 2.05) is 30.3 Å². The van der Waals surface area contributed by atoms with E-state index < -0.39 is 22.0 Å². The van der Waals surface area contributed by atoms with Crippen LogP contribution in [0.1, 0.15) is 5.56 Å². The van der Waals surface area contributed by atoms with E-state index in [9.17, 15) is 13.2 Å². The third-order valence-corrected chi connectivity index (χ3v) is 6.67. The van der Waals surface area contributed by atoms with Crippen LogP contribution in [0.2, 0.25) is 0 Å². The van der Waals surface area contributed by atoms with Gasteiger partial charge in [-0.15, -0.1) is 0 Å². The second-order valence-corrected chi connectivity index (χ2v) is 8.30. The third-order valence-electron chi connectivity index (χ3n) is 4.42. The number of aromatic nitrogens is 1. The third kappa shape index (κ3) is 3.07. The molecule has 1 fully saturated rings. The molecule has 1 N–H and O–H groups in total. The first-order chi connectivity index (χ1) is 13.0. The van der Waals surface area contributed by atoms with Gasteiger partial charge in [-0.1, -0.05) is 48.5 Å². The largest absolute Gasteiger partial charge is 0.300 e. The second kappa shape index (κ2) is 6.71. The van der Waals surface area contributed by atoms with Gasteiger partial charge in [0.05, 0.1) is 5.52 Å². The van der Waals surface area contributed by atoms with Crippen molar-refractivity contribution >= 4 is 44.2 Å². The molecule has 0 bridgehead atoms. The first-order valence-electron chi connectivity index (χ1n) is 8.25. The molecule has 1 saturated heterocycles. The van der Waals surface area contributed by atoms with E-state index in [4.69, 9.17) is 12.2 Å². The fourth-order valence-electron chi connectivity index (χ4n) is 3.17. The fraction of sp³-hybridized carbons (Fsp3) is 0.105. The Morgan fingerprint density at radius 2 is 1.78 bits per heavy atom. The molecule has 0 aliphatic carbocycles. The Labute approximate surface area is 161 Å². The van der Waals surface area contributed by atoms with Crippen LogP contribution in [0, 0.1) is 0 Å². The van der Waals surface area contributed by atoms with Crippen molar-refractivity contribution in [3.05, 3.63) is 72.4 Å². The van der Waals surface area contributed by atoms with E-state index in [2.05, 4.69) is 10.3 Å². The maximum absolute atomic E-state index is 13.4. The predicted molar refractivity (Wildman–Crippen MR) is 105 cm³/mol. The van der Waals surface area contributed by atoms with Gasteiger partial charge in [0.1, 0.15) is 10.9 Å². The van der Waals surface area contributed by atoms with E-state index in [1.54, 1.807) is 24.3 Å². The highest BCUT2D eigenvalue weighted by atomic mass is 32.2. The molecule has 4 rings (SSSR count). The van der Waals surface area contributed by atoms with Crippen molar-refractivity contribution in [3.8, 4) is 0 Å². The molecule has 3 aromatic rings. The molecule has 0 saturated carbocycles. The Bertz CT molecular complexity index is 1140. The molecule has 0 unspecified atom stereocenters. The Kier molecular flexibility index (Phi) is 4.37. The fourth-order valence-corrected chi connectivity index (χ4v) is 5.34. The van der Waals surface area contributed by atoms with Crippen LogP contribution in [-0.4, -0.2) is 34.8 Å². The molecule has 2 heterocycles. The summed E-state index contributed by atoms with van der Waals surface area (Å²) < 4.78 is 27.8. The summed E-state index contributed by atoms with van der Waals surface area (Å²) in [7, 11) is -4.07. The topological polar surface area (TPSA) is 79.4 Å². The van der Waals surface area contributed by atoms with Crippen molar-refractivity contribution < 1.29 is 13.2 Å². The lowest BCUT2D eigenvalue weighted by Gasteiger charge is -2.23. The van der Waals surface area contributed by atoms with E-state index >= 15 is 0 Å². The van der Waals surface area contributed by atoms with Gasteiger partial charge in [0.15, 0.2) is 5.11 Å². The summed E-state index contributed by atoms with van der Waals surface area (Å²) in [4.78, 5) is 16.7. The normalized spacial score (nSPS) is 17.3. The molecule has 0 radical (unpaired) electrons. The lowest BCUT2D eigenvalue weighted by atomic mass is 10.1. The predicted octanol–water partition coefficient (Wildman–Crippen LogP) is 2.25. The van der Waals surface area contributed by atoms with Gasteiger partial charge in [-0.3, -0.25) is 9.78 Å². The van der Waals surface area contributed by atoms with Crippen molar-refractivity contribution in [1.82, 2.24) is 14.6 Å². The van der Waals surface area contributed by atoms with Crippen LogP contribution in [-0.2, 0) is 21.2 Å². The van der Waals surface area contributed by atoms with Crippen LogP contribution < -0.4 is 5.32 Å². The van der Waals surface area contributed by atoms with Gasteiger partial charge in [-0.25, -0.2) is 12.7 Å². The van der Waals surface area contributed by atoms with Crippen LogP contribution in [0.5, 0.6) is 0 Å². The number of sulfonamides is 1. The first kappa shape index (κ1) is 17.6. The van der Waals surface area contributed by atoms with Crippen molar-refractivity contribution in [3.63, 3.8) is 0 Å². The average Bonchev–Trinajstić information content (AvgIpc) is 2.95. The summed E-state index contributed by atoms with van der Waals surface area (Å²) in [5, 5.41) is 3.06. The zero-order valence-electron chi connectivity index (χ0n) is 14.1. The van der Waals surface area contributed by atoms with Crippen molar-refractivity contribution in [1.29, 1.82) is 0 Å². The molecule has 136 valence electrons. The number of thiocarbonyl (C=S) groups is 1. The summed E-state index contributed by atoms with van der Waals surface area (Å²) in [6, 6.07) is 16.7. The van der Waals surface area contributed by atoms with Gasteiger partial charge >= 0.3 is 0 Å². The number of rotatable bonds is 4. The first-order valence-corrected chi connectivity index (χ1v) is 10.1. The summed E-state index contributed by atoms with van der Waals surface area (Å²) >= 11 is 5.18. The number of hydrogen-bond acceptors (Lipinski definition) is 5. The number of para-hydroxylation sites is 1. The summed E-state index contributed by atoms with van der Waals surface area (Å²) in [6.07, 6.45) is 1.76. The van der Waals surface area contributed by atoms with Gasteiger partial charge in [0.25, 0.3) is 15.9 Å². The lowest BCUT2D eigenvalue weighted by Crippen LogP contribution is -2.41. The molecule has 27 heavy (non-hydrogen) atoms. The number of amides is 1. The van der Waals surface area contributed by atoms with Crippen LogP contribution in [0.3, 0.4) is 0 Å². The van der Waals surface area contributed by atoms with Gasteiger partial charge in [-0.05, 0) is 29.9 Å². The number of carbonyl (C=O) groups is 1. The highest BCUT2D eigenvalue weighted by Crippen LogP contribution is 2.28. The van der Waals surface area contributed by atoms with Crippen LogP contribution in [0.4, 0.5) is 0 Å². The number of hydrogen-bond donors (Lipinski definition) is 1. The van der Waals surface area contributed by atoms with Gasteiger partial charge in [0, 0.05) is 18.0 Å². The maximum atomic E-state index is 13.4. The standard InChI is InChI=1S/C19H15N3O3S2/c23-18-15(12-13-6-2-1-3-7-13)22(19(26)21-18)27(24,25)16-10-4-8-14-9-5-11-20-17(14)16/h1-11,15H,12H2,(H,21,23,26)/t15-/m0/s1. The zero-order chi connectivity index (χ0) is 19.0. The summed E-state index contributed by atoms with van der Waals surface area (Å²) in [6.45, 7) is 0. The lowest BCUT2D eigenvalue weighted by molar-refractivity contribution is -0.120. The van der Waals surface area contributed by atoms with Crippen LogP contribution in [0.15, 0.2) is 71.8 Å². The number of benzene rings is 2. The van der Waals surface area contributed by atoms with Gasteiger partial charge in [0.2, 0.25) is 0 Å². The minimum absolute atomic E-state index is 0.0255. The number of carbonyl (C=O) groups excluding carboxylic acids is 1. The molecule has 0 spiro atoms. The van der Waals surface area contributed by atoms with Gasteiger partial charge < -0.3 is 5.32 Å². The number of nitrogens with zero attached hydrogens (tertiary/aromatic N) is 2. The number of nitrogens with one attached hydrogen (secondary N) is 1. The van der Waals surface area contributed by atoms with Crippen LogP contribution >= 0.6 is 12.2 Å². The van der Waals surface area contributed by atoms with Crippen molar-refractivity contribution in [2.75, 3.05) is 0 Å². The molecule has 1 aromatic heterocycles. The monoisotopic (exact) mass is 397 g/mol. The molecule has 1 aliphatic rings. The Balaban J connectivity index is 1.81. The molecule has 1 atom stereocenters. The minimum atomic E-state index is -4.07. The average molecular weight is 397 g/mol. The van der Waals surface area contributed by atoms with E-state index in [0.29, 0.717) is 10.9 Å². The highest BCUT2D eigenvalue weighted by molar-refractivity contribution is 7.91. The minimum Gasteiger partial charge on any atom is -0.300 e. The van der Waals surface area contributed by atoms with E-state index in [1.165, 1.54) is 12.3 Å². The van der Waals surface area contributed by atoms with Crippen molar-refractivity contribution in [2.24, 2.45) is 0 Å². The summed E-state index contributed by atoms with van der Waals surface area (Å²) in [5.74, 6) is -0.430. The molecular weight excluding hydrogens is 382 g/mol. The Morgan fingerprint density at radius 3 is 2.56 bits per heavy atom. The molecule has 6 nitrogen and oxygen atoms in total. The van der Waals surface area contributed by atoms with Crippen molar-refractivity contribution in [2.45, 2.75) is 17.4 Å². The molecule has 2 aromatic carbocycles. The highest BCUT2D eigenvalue weighted by Gasteiger charge is 2.44. The second-order valence-electron chi connectivity index (χ2n) is 6.13.